The number of nitrogens with one attached hydrogen (secondary N) is 2. The van der Waals surface area contributed by atoms with Crippen LogP contribution in [0.3, 0.4) is 0 Å². The van der Waals surface area contributed by atoms with Gasteiger partial charge in [0.25, 0.3) is 0 Å². The topological polar surface area (TPSA) is 79.6 Å². The van der Waals surface area contributed by atoms with Crippen LogP contribution >= 0.6 is 11.3 Å². The van der Waals surface area contributed by atoms with Crippen molar-refractivity contribution in [1.29, 1.82) is 0 Å². The van der Waals surface area contributed by atoms with Crippen LogP contribution in [0.15, 0.2) is 29.9 Å². The van der Waals surface area contributed by atoms with E-state index in [1.807, 2.05) is 18.2 Å². The number of H-pyrrole nitrogens is 1. The summed E-state index contributed by atoms with van der Waals surface area (Å²) in [6, 6.07) is 5.89. The van der Waals surface area contributed by atoms with Gasteiger partial charge >= 0.3 is 0 Å². The Morgan fingerprint density at radius 2 is 2.31 bits per heavy atom. The molecule has 1 aromatic carbocycles. The zero-order valence-electron chi connectivity index (χ0n) is 8.27. The lowest BCUT2D eigenvalue weighted by Gasteiger charge is -2.01. The van der Waals surface area contributed by atoms with Crippen LogP contribution in [0, 0.1) is 0 Å². The van der Waals surface area contributed by atoms with Crippen molar-refractivity contribution in [3.63, 3.8) is 0 Å². The molecule has 4 N–H and O–H groups in total. The molecule has 0 radical (unpaired) electrons. The van der Waals surface area contributed by atoms with Gasteiger partial charge in [0.1, 0.15) is 5.82 Å². The number of anilines is 3. The van der Waals surface area contributed by atoms with Crippen LogP contribution in [0.2, 0.25) is 0 Å². The zero-order valence-corrected chi connectivity index (χ0v) is 9.08. The molecule has 2 heterocycles. The molecule has 0 spiro atoms. The number of aromatic nitrogens is 3. The number of nitrogen functional groups attached to an aromatic ring is 1. The molecule has 0 unspecified atom stereocenters. The summed E-state index contributed by atoms with van der Waals surface area (Å²) in [6.07, 6.45) is 1.68. The van der Waals surface area contributed by atoms with Crippen LogP contribution in [0.4, 0.5) is 16.6 Å². The van der Waals surface area contributed by atoms with E-state index in [9.17, 15) is 0 Å². The third kappa shape index (κ3) is 1.59. The minimum absolute atomic E-state index is 0.537. The predicted molar refractivity (Wildman–Crippen MR) is 65.9 cm³/mol. The van der Waals surface area contributed by atoms with Crippen molar-refractivity contribution in [2.45, 2.75) is 0 Å². The van der Waals surface area contributed by atoms with Crippen LogP contribution in [-0.2, 0) is 0 Å². The second-order valence-electron chi connectivity index (χ2n) is 3.34. The van der Waals surface area contributed by atoms with E-state index in [-0.39, 0.29) is 0 Å². The smallest absolute Gasteiger partial charge is 0.189 e. The van der Waals surface area contributed by atoms with Gasteiger partial charge in [0.05, 0.1) is 17.4 Å². The summed E-state index contributed by atoms with van der Waals surface area (Å²) in [5.41, 5.74) is 8.46. The van der Waals surface area contributed by atoms with Crippen molar-refractivity contribution in [2.75, 3.05) is 11.1 Å². The standard InChI is InChI=1S/C10H9N5S/c11-9-4-16-10(15-9)14-6-1-2-7-8(3-6)13-5-12-7/h1-5H,11H2,(H,12,13)(H,14,15). The van der Waals surface area contributed by atoms with Gasteiger partial charge in [0.2, 0.25) is 0 Å². The van der Waals surface area contributed by atoms with E-state index in [1.54, 1.807) is 11.7 Å². The van der Waals surface area contributed by atoms with Gasteiger partial charge in [0, 0.05) is 11.1 Å². The van der Waals surface area contributed by atoms with Gasteiger partial charge in [-0.1, -0.05) is 0 Å². The normalized spacial score (nSPS) is 10.8. The van der Waals surface area contributed by atoms with E-state index in [0.717, 1.165) is 21.9 Å². The summed E-state index contributed by atoms with van der Waals surface area (Å²) >= 11 is 1.48. The lowest BCUT2D eigenvalue weighted by molar-refractivity contribution is 1.34. The average Bonchev–Trinajstić information content (AvgIpc) is 2.87. The molecule has 6 heteroatoms. The van der Waals surface area contributed by atoms with Crippen LogP contribution in [0.5, 0.6) is 0 Å². The number of hydrogen-bond acceptors (Lipinski definition) is 5. The van der Waals surface area contributed by atoms with E-state index in [4.69, 9.17) is 5.73 Å². The van der Waals surface area contributed by atoms with E-state index in [1.165, 1.54) is 11.3 Å². The highest BCUT2D eigenvalue weighted by molar-refractivity contribution is 7.14. The Morgan fingerprint density at radius 1 is 1.38 bits per heavy atom. The van der Waals surface area contributed by atoms with E-state index in [0.29, 0.717) is 5.82 Å². The van der Waals surface area contributed by atoms with Crippen molar-refractivity contribution < 1.29 is 0 Å². The highest BCUT2D eigenvalue weighted by Crippen LogP contribution is 2.23. The molecule has 0 aliphatic rings. The molecule has 16 heavy (non-hydrogen) atoms. The molecule has 0 saturated heterocycles. The highest BCUT2D eigenvalue weighted by Gasteiger charge is 2.01. The average molecular weight is 231 g/mol. The second kappa shape index (κ2) is 3.49. The molecule has 0 aliphatic heterocycles. The molecule has 0 bridgehead atoms. The number of nitrogens with zero attached hydrogens (tertiary/aromatic N) is 2. The maximum atomic E-state index is 5.55. The molecule has 0 saturated carbocycles. The van der Waals surface area contributed by atoms with Gasteiger partial charge < -0.3 is 16.0 Å². The summed E-state index contributed by atoms with van der Waals surface area (Å²) in [5.74, 6) is 0.537. The van der Waals surface area contributed by atoms with Crippen LogP contribution in [-0.4, -0.2) is 15.0 Å². The molecule has 3 rings (SSSR count). The predicted octanol–water partition coefficient (Wildman–Crippen LogP) is 2.35. The molecule has 0 fully saturated rings. The van der Waals surface area contributed by atoms with Gasteiger partial charge in [0.15, 0.2) is 5.13 Å². The number of nitrogens with two attached hydrogens (primary N) is 1. The number of aromatic amines is 1. The molecule has 0 amide bonds. The van der Waals surface area contributed by atoms with Gasteiger partial charge in [-0.05, 0) is 18.2 Å². The Kier molecular flexibility index (Phi) is 2.00. The number of hydrogen-bond donors (Lipinski definition) is 3. The molecule has 0 aliphatic carbocycles. The fourth-order valence-electron chi connectivity index (χ4n) is 1.48. The molecule has 0 atom stereocenters. The summed E-state index contributed by atoms with van der Waals surface area (Å²) in [6.45, 7) is 0. The van der Waals surface area contributed by atoms with Gasteiger partial charge in [-0.25, -0.2) is 9.97 Å². The number of imidazole rings is 1. The maximum Gasteiger partial charge on any atom is 0.189 e. The first-order valence-electron chi connectivity index (χ1n) is 4.72. The Morgan fingerprint density at radius 3 is 3.12 bits per heavy atom. The lowest BCUT2D eigenvalue weighted by atomic mass is 10.3. The number of thiazole rings is 1. The molecule has 2 aromatic heterocycles. The second-order valence-corrected chi connectivity index (χ2v) is 4.20. The van der Waals surface area contributed by atoms with Crippen molar-refractivity contribution in [1.82, 2.24) is 15.0 Å². The maximum absolute atomic E-state index is 5.55. The SMILES string of the molecule is Nc1csc(Nc2ccc3nc[nH]c3c2)n1. The summed E-state index contributed by atoms with van der Waals surface area (Å²) in [4.78, 5) is 11.3. The van der Waals surface area contributed by atoms with Gasteiger partial charge in [-0.3, -0.25) is 0 Å². The molecule has 3 aromatic rings. The minimum atomic E-state index is 0.537. The van der Waals surface area contributed by atoms with Crippen LogP contribution < -0.4 is 11.1 Å². The van der Waals surface area contributed by atoms with Crippen molar-refractivity contribution in [2.24, 2.45) is 0 Å². The Hall–Kier alpha value is -2.08. The minimum Gasteiger partial charge on any atom is -0.383 e. The van der Waals surface area contributed by atoms with Crippen LogP contribution in [0.1, 0.15) is 0 Å². The summed E-state index contributed by atoms with van der Waals surface area (Å²) in [5, 5.41) is 5.78. The first-order chi connectivity index (χ1) is 7.81. The molecular weight excluding hydrogens is 222 g/mol. The third-order valence-corrected chi connectivity index (χ3v) is 2.97. The first kappa shape index (κ1) is 9.17. The Bertz CT molecular complexity index is 627. The molecule has 5 nitrogen and oxygen atoms in total. The van der Waals surface area contributed by atoms with E-state index in [2.05, 4.69) is 20.3 Å². The zero-order chi connectivity index (χ0) is 11.0. The quantitative estimate of drug-likeness (QED) is 0.632. The van der Waals surface area contributed by atoms with Crippen molar-refractivity contribution in [3.05, 3.63) is 29.9 Å². The fraction of sp³-hybridized carbons (Fsp3) is 0. The highest BCUT2D eigenvalue weighted by atomic mass is 32.1. The van der Waals surface area contributed by atoms with Gasteiger partial charge in [-0.2, -0.15) is 0 Å². The van der Waals surface area contributed by atoms with E-state index >= 15 is 0 Å². The lowest BCUT2D eigenvalue weighted by Crippen LogP contribution is -1.90. The first-order valence-corrected chi connectivity index (χ1v) is 5.60. The largest absolute Gasteiger partial charge is 0.383 e. The monoisotopic (exact) mass is 231 g/mol. The number of benzene rings is 1. The Labute approximate surface area is 95.3 Å². The fourth-order valence-corrected chi connectivity index (χ4v) is 2.10. The Balaban J connectivity index is 1.94. The molecule has 80 valence electrons. The van der Waals surface area contributed by atoms with Crippen molar-refractivity contribution in [3.8, 4) is 0 Å². The van der Waals surface area contributed by atoms with E-state index < -0.39 is 0 Å². The van der Waals surface area contributed by atoms with Crippen molar-refractivity contribution >= 4 is 39.0 Å². The van der Waals surface area contributed by atoms with Crippen LogP contribution in [0.25, 0.3) is 11.0 Å². The number of rotatable bonds is 2. The number of fused-ring (bicyclic) bond motifs is 1. The molecular formula is C10H9N5S. The summed E-state index contributed by atoms with van der Waals surface area (Å²) < 4.78 is 0. The third-order valence-electron chi connectivity index (χ3n) is 2.19. The summed E-state index contributed by atoms with van der Waals surface area (Å²) in [7, 11) is 0. The van der Waals surface area contributed by atoms with Gasteiger partial charge in [-0.15, -0.1) is 11.3 Å².